The molecule has 22 heavy (non-hydrogen) atoms. The second-order valence-electron chi connectivity index (χ2n) is 5.27. The third-order valence-corrected chi connectivity index (χ3v) is 3.71. The summed E-state index contributed by atoms with van der Waals surface area (Å²) in [5, 5.41) is 8.16. The highest BCUT2D eigenvalue weighted by atomic mass is 19.1. The van der Waals surface area contributed by atoms with Crippen molar-refractivity contribution in [2.45, 2.75) is 20.4 Å². The van der Waals surface area contributed by atoms with Crippen molar-refractivity contribution in [3.63, 3.8) is 0 Å². The van der Waals surface area contributed by atoms with Crippen molar-refractivity contribution in [1.29, 1.82) is 0 Å². The van der Waals surface area contributed by atoms with Gasteiger partial charge >= 0.3 is 0 Å². The van der Waals surface area contributed by atoms with Gasteiger partial charge in [0.05, 0.1) is 6.54 Å². The van der Waals surface area contributed by atoms with Gasteiger partial charge in [-0.3, -0.25) is 4.79 Å². The molecule has 0 unspecified atom stereocenters. The van der Waals surface area contributed by atoms with E-state index in [-0.39, 0.29) is 18.3 Å². The predicted molar refractivity (Wildman–Crippen MR) is 77.8 cm³/mol. The zero-order valence-electron chi connectivity index (χ0n) is 12.5. The van der Waals surface area contributed by atoms with Crippen LogP contribution in [0.5, 0.6) is 0 Å². The van der Waals surface area contributed by atoms with Crippen LogP contribution in [0.4, 0.5) is 4.39 Å². The van der Waals surface area contributed by atoms with Crippen molar-refractivity contribution in [3.05, 3.63) is 46.7 Å². The number of hydrogen-bond acceptors (Lipinski definition) is 4. The zero-order valence-corrected chi connectivity index (χ0v) is 12.5. The number of carbonyl (C=O) groups is 1. The van der Waals surface area contributed by atoms with Gasteiger partial charge in [-0.05, 0) is 37.6 Å². The molecule has 0 saturated heterocycles. The number of nitrogens with one attached hydrogen (secondary N) is 1. The molecular formula is C15H15FN4O2. The number of aromatic nitrogens is 3. The molecule has 1 amide bonds. The van der Waals surface area contributed by atoms with E-state index >= 15 is 0 Å². The third-order valence-electron chi connectivity index (χ3n) is 3.71. The fraction of sp³-hybridized carbons (Fsp3) is 0.267. The minimum atomic E-state index is -0.328. The van der Waals surface area contributed by atoms with Crippen LogP contribution in [-0.4, -0.2) is 33.2 Å². The van der Waals surface area contributed by atoms with Gasteiger partial charge in [-0.2, -0.15) is 0 Å². The minimum Gasteiger partial charge on any atom is -0.350 e. The molecule has 3 rings (SSSR count). The summed E-state index contributed by atoms with van der Waals surface area (Å²) in [5.74, 6) is -0.525. The van der Waals surface area contributed by atoms with Crippen LogP contribution in [0.3, 0.4) is 0 Å². The van der Waals surface area contributed by atoms with Crippen LogP contribution in [-0.2, 0) is 6.54 Å². The maximum Gasteiger partial charge on any atom is 0.270 e. The van der Waals surface area contributed by atoms with Gasteiger partial charge in [-0.25, -0.2) is 9.02 Å². The Balaban J connectivity index is 1.91. The molecule has 0 spiro atoms. The van der Waals surface area contributed by atoms with Gasteiger partial charge in [-0.1, -0.05) is 10.3 Å². The van der Waals surface area contributed by atoms with Gasteiger partial charge in [0.1, 0.15) is 22.9 Å². The summed E-state index contributed by atoms with van der Waals surface area (Å²) in [6, 6.07) is 4.41. The summed E-state index contributed by atoms with van der Waals surface area (Å²) in [4.78, 5) is 17.1. The van der Waals surface area contributed by atoms with E-state index in [9.17, 15) is 9.18 Å². The van der Waals surface area contributed by atoms with E-state index in [0.717, 1.165) is 11.1 Å². The maximum atomic E-state index is 13.3. The standard InChI is InChI=1S/C15H15FN4O2/c1-8-11-6-10(16)4-5-12(11)17-14(8)15(21)20(3)7-13-9(2)18-22-19-13/h4-6,17H,7H2,1-3H3. The van der Waals surface area contributed by atoms with Crippen LogP contribution < -0.4 is 0 Å². The summed E-state index contributed by atoms with van der Waals surface area (Å²) in [6.45, 7) is 3.85. The quantitative estimate of drug-likeness (QED) is 0.807. The minimum absolute atomic E-state index is 0.198. The van der Waals surface area contributed by atoms with Gasteiger partial charge in [0.25, 0.3) is 5.91 Å². The summed E-state index contributed by atoms with van der Waals surface area (Å²) in [6.07, 6.45) is 0. The Labute approximate surface area is 125 Å². The SMILES string of the molecule is Cc1nonc1CN(C)C(=O)c1[nH]c2ccc(F)cc2c1C. The summed E-state index contributed by atoms with van der Waals surface area (Å²) < 4.78 is 18.0. The van der Waals surface area contributed by atoms with E-state index in [1.54, 1.807) is 27.0 Å². The maximum absolute atomic E-state index is 13.3. The van der Waals surface area contributed by atoms with E-state index < -0.39 is 0 Å². The van der Waals surface area contributed by atoms with Crippen molar-refractivity contribution < 1.29 is 13.8 Å². The number of carbonyl (C=O) groups excluding carboxylic acids is 1. The Kier molecular flexibility index (Phi) is 3.40. The Bertz CT molecular complexity index is 852. The number of H-pyrrole nitrogens is 1. The topological polar surface area (TPSA) is 75.0 Å². The van der Waals surface area contributed by atoms with Gasteiger partial charge in [0, 0.05) is 18.0 Å². The number of fused-ring (bicyclic) bond motifs is 1. The van der Waals surface area contributed by atoms with Gasteiger partial charge < -0.3 is 9.88 Å². The number of rotatable bonds is 3. The molecule has 1 aromatic carbocycles. The van der Waals surface area contributed by atoms with Gasteiger partial charge in [-0.15, -0.1) is 0 Å². The van der Waals surface area contributed by atoms with Crippen LogP contribution in [0.2, 0.25) is 0 Å². The Morgan fingerprint density at radius 1 is 1.36 bits per heavy atom. The zero-order chi connectivity index (χ0) is 15.9. The highest BCUT2D eigenvalue weighted by molar-refractivity contribution is 6.00. The molecule has 0 radical (unpaired) electrons. The average Bonchev–Trinajstić information content (AvgIpc) is 3.03. The van der Waals surface area contributed by atoms with E-state index in [4.69, 9.17) is 0 Å². The lowest BCUT2D eigenvalue weighted by Crippen LogP contribution is -2.27. The molecule has 3 aromatic rings. The second-order valence-corrected chi connectivity index (χ2v) is 5.27. The average molecular weight is 302 g/mol. The molecule has 0 bridgehead atoms. The smallest absolute Gasteiger partial charge is 0.270 e. The van der Waals surface area contributed by atoms with Gasteiger partial charge in [0.15, 0.2) is 0 Å². The number of aromatic amines is 1. The molecule has 1 N–H and O–H groups in total. The molecule has 114 valence electrons. The molecule has 6 nitrogen and oxygen atoms in total. The van der Waals surface area contributed by atoms with E-state index in [2.05, 4.69) is 19.9 Å². The monoisotopic (exact) mass is 302 g/mol. The predicted octanol–water partition coefficient (Wildman–Crippen LogP) is 2.58. The second kappa shape index (κ2) is 5.25. The summed E-state index contributed by atoms with van der Waals surface area (Å²) in [5.41, 5.74) is 3.15. The van der Waals surface area contributed by atoms with Crippen molar-refractivity contribution in [2.24, 2.45) is 0 Å². The first-order chi connectivity index (χ1) is 10.5. The van der Waals surface area contributed by atoms with Crippen LogP contribution in [0, 0.1) is 19.7 Å². The summed E-state index contributed by atoms with van der Waals surface area (Å²) in [7, 11) is 1.67. The van der Waals surface area contributed by atoms with Gasteiger partial charge in [0.2, 0.25) is 0 Å². The molecule has 0 aliphatic heterocycles. The lowest BCUT2D eigenvalue weighted by molar-refractivity contribution is 0.0776. The number of amides is 1. The Hall–Kier alpha value is -2.70. The van der Waals surface area contributed by atoms with E-state index in [0.29, 0.717) is 22.5 Å². The van der Waals surface area contributed by atoms with Crippen molar-refractivity contribution in [1.82, 2.24) is 20.2 Å². The third kappa shape index (κ3) is 2.34. The molecular weight excluding hydrogens is 287 g/mol. The molecule has 0 atom stereocenters. The van der Waals surface area contributed by atoms with E-state index in [1.165, 1.54) is 17.0 Å². The molecule has 0 saturated carbocycles. The van der Waals surface area contributed by atoms with Crippen molar-refractivity contribution in [3.8, 4) is 0 Å². The number of hydrogen-bond donors (Lipinski definition) is 1. The fourth-order valence-electron chi connectivity index (χ4n) is 2.39. The molecule has 0 aliphatic rings. The molecule has 0 aliphatic carbocycles. The van der Waals surface area contributed by atoms with E-state index in [1.807, 2.05) is 0 Å². The van der Waals surface area contributed by atoms with Crippen molar-refractivity contribution >= 4 is 16.8 Å². The highest BCUT2D eigenvalue weighted by Gasteiger charge is 2.20. The molecule has 2 aromatic heterocycles. The largest absolute Gasteiger partial charge is 0.350 e. The summed E-state index contributed by atoms with van der Waals surface area (Å²) >= 11 is 0. The first-order valence-corrected chi connectivity index (χ1v) is 6.78. The number of benzene rings is 1. The van der Waals surface area contributed by atoms with Crippen LogP contribution in [0.1, 0.15) is 27.4 Å². The first-order valence-electron chi connectivity index (χ1n) is 6.78. The lowest BCUT2D eigenvalue weighted by Gasteiger charge is -2.15. The van der Waals surface area contributed by atoms with Crippen LogP contribution in [0.25, 0.3) is 10.9 Å². The van der Waals surface area contributed by atoms with Crippen molar-refractivity contribution in [2.75, 3.05) is 7.05 Å². The van der Waals surface area contributed by atoms with Crippen LogP contribution in [0.15, 0.2) is 22.8 Å². The number of nitrogens with zero attached hydrogens (tertiary/aromatic N) is 3. The molecule has 0 fully saturated rings. The van der Waals surface area contributed by atoms with Crippen LogP contribution >= 0.6 is 0 Å². The Morgan fingerprint density at radius 3 is 2.82 bits per heavy atom. The first kappa shape index (κ1) is 14.2. The normalized spacial score (nSPS) is 11.1. The molecule has 7 heteroatoms. The fourth-order valence-corrected chi connectivity index (χ4v) is 2.39. The highest BCUT2D eigenvalue weighted by Crippen LogP contribution is 2.23. The lowest BCUT2D eigenvalue weighted by atomic mass is 10.1. The number of halogens is 1. The number of aryl methyl sites for hydroxylation is 2. The Morgan fingerprint density at radius 2 is 2.14 bits per heavy atom. The molecule has 2 heterocycles.